The molecule has 10 atom stereocenters. The van der Waals surface area contributed by atoms with E-state index in [0.29, 0.717) is 29.0 Å². The minimum Gasteiger partial charge on any atom is -0.431 e. The van der Waals surface area contributed by atoms with Crippen molar-refractivity contribution in [2.24, 2.45) is 46.3 Å². The number of unbranched alkanes of at least 4 members (excludes halogenated alkanes) is 11. The average Bonchev–Trinajstić information content (AvgIpc) is 3.53. The van der Waals surface area contributed by atoms with Gasteiger partial charge < -0.3 is 23.6 Å². The molecule has 0 spiro atoms. The molecule has 0 heterocycles. The molecule has 3 fully saturated rings. The van der Waals surface area contributed by atoms with Crippen LogP contribution in [0.25, 0.3) is 0 Å². The zero-order valence-electron chi connectivity index (χ0n) is 40.2. The minimum absolute atomic E-state index is 0.0562. The molecule has 350 valence electrons. The SMILES string of the molecule is CCCCCCCCCCCCCCOCC(COP(=O)(O)OCC[N+](C)(C)C)OC(=O)O[C@H]1CC[C@@]2(C)C(=CC[C@H]3[C@@H]4CC[C@H]([C@H](C)CCCC(C)C)[C@@]4(C)CC[C@@H]32)C1. The Kier molecular flexibility index (Phi) is 21.5. The molecule has 0 aliphatic heterocycles. The van der Waals surface area contributed by atoms with Crippen LogP contribution in [-0.4, -0.2) is 81.9 Å². The summed E-state index contributed by atoms with van der Waals surface area (Å²) in [6, 6.07) is 0. The van der Waals surface area contributed by atoms with E-state index < -0.39 is 20.1 Å². The van der Waals surface area contributed by atoms with Crippen LogP contribution in [0.2, 0.25) is 0 Å². The summed E-state index contributed by atoms with van der Waals surface area (Å²) >= 11 is 0. The number of fused-ring (bicyclic) bond motifs is 5. The first-order chi connectivity index (χ1) is 28.5. The molecular formula is C50H93NO8P+. The zero-order valence-corrected chi connectivity index (χ0v) is 41.1. The van der Waals surface area contributed by atoms with Crippen LogP contribution in [0.4, 0.5) is 4.79 Å². The van der Waals surface area contributed by atoms with Crippen molar-refractivity contribution in [3.63, 3.8) is 0 Å². The Labute approximate surface area is 368 Å². The number of quaternary nitrogens is 1. The molecule has 4 rings (SSSR count). The Morgan fingerprint density at radius 3 is 2.13 bits per heavy atom. The number of phosphoric ester groups is 1. The molecule has 10 heteroatoms. The van der Waals surface area contributed by atoms with Gasteiger partial charge in [0.1, 0.15) is 19.3 Å². The van der Waals surface area contributed by atoms with Crippen LogP contribution in [0.3, 0.4) is 0 Å². The minimum atomic E-state index is -4.35. The van der Waals surface area contributed by atoms with Crippen molar-refractivity contribution in [2.75, 3.05) is 54.1 Å². The molecule has 0 bridgehead atoms. The zero-order chi connectivity index (χ0) is 43.8. The molecule has 1 N–H and O–H groups in total. The molecular weight excluding hydrogens is 774 g/mol. The predicted octanol–water partition coefficient (Wildman–Crippen LogP) is 13.5. The lowest BCUT2D eigenvalue weighted by Gasteiger charge is -2.58. The van der Waals surface area contributed by atoms with E-state index in [1.54, 1.807) is 0 Å². The van der Waals surface area contributed by atoms with Gasteiger partial charge in [0.05, 0.1) is 34.4 Å². The van der Waals surface area contributed by atoms with Gasteiger partial charge in [-0.05, 0) is 97.7 Å². The number of likely N-dealkylation sites (N-methyl/N-ethyl adjacent to an activating group) is 1. The van der Waals surface area contributed by atoms with Crippen LogP contribution in [0, 0.1) is 46.3 Å². The van der Waals surface area contributed by atoms with Gasteiger partial charge in [-0.2, -0.15) is 0 Å². The van der Waals surface area contributed by atoms with E-state index in [4.69, 9.17) is 23.3 Å². The quantitative estimate of drug-likeness (QED) is 0.0261. The predicted molar refractivity (Wildman–Crippen MR) is 245 cm³/mol. The molecule has 3 saturated carbocycles. The average molecular weight is 867 g/mol. The highest BCUT2D eigenvalue weighted by atomic mass is 31.2. The Balaban J connectivity index is 1.25. The lowest BCUT2D eigenvalue weighted by Crippen LogP contribution is -2.51. The molecule has 0 aromatic rings. The number of hydrogen-bond donors (Lipinski definition) is 1. The Bertz CT molecular complexity index is 1330. The van der Waals surface area contributed by atoms with Crippen molar-refractivity contribution in [2.45, 2.75) is 201 Å². The van der Waals surface area contributed by atoms with Gasteiger partial charge in [-0.25, -0.2) is 9.36 Å². The maximum absolute atomic E-state index is 13.3. The van der Waals surface area contributed by atoms with E-state index in [1.807, 2.05) is 21.1 Å². The van der Waals surface area contributed by atoms with Gasteiger partial charge in [0.2, 0.25) is 0 Å². The molecule has 0 saturated heterocycles. The fraction of sp³-hybridized carbons (Fsp3) is 0.940. The third-order valence-corrected chi connectivity index (χ3v) is 16.7. The molecule has 4 aliphatic rings. The molecule has 0 radical (unpaired) electrons. The second kappa shape index (κ2) is 24.9. The first kappa shape index (κ1) is 51.7. The molecule has 0 aromatic carbocycles. The van der Waals surface area contributed by atoms with E-state index in [0.717, 1.165) is 68.1 Å². The van der Waals surface area contributed by atoms with E-state index in [2.05, 4.69) is 47.6 Å². The molecule has 0 aromatic heterocycles. The number of ether oxygens (including phenoxy) is 3. The standard InChI is InChI=1S/C50H92NO8P/c1-10-11-12-13-14-15-16-17-18-19-20-21-34-55-37-43(38-57-60(53,54)56-35-33-51(7,8)9)59-48(52)58-42-29-31-49(5)41(36-42)25-26-44-46-28-27-45(40(4)24-22-23-39(2)3)50(46,6)32-30-47(44)49/h25,39-40,42-47H,10-24,26-38H2,1-9H3/p+1/t40-,42+,43?,44+,45-,46+,47+,49+,50-/m1/s1. The molecule has 4 aliphatic carbocycles. The Morgan fingerprint density at radius 1 is 0.817 bits per heavy atom. The van der Waals surface area contributed by atoms with Gasteiger partial charge in [0.15, 0.2) is 6.10 Å². The van der Waals surface area contributed by atoms with Gasteiger partial charge in [0.25, 0.3) is 0 Å². The van der Waals surface area contributed by atoms with Gasteiger partial charge in [-0.1, -0.05) is 143 Å². The summed E-state index contributed by atoms with van der Waals surface area (Å²) in [5.74, 6) is 4.71. The van der Waals surface area contributed by atoms with E-state index in [1.165, 1.54) is 115 Å². The summed E-state index contributed by atoms with van der Waals surface area (Å²) in [5, 5.41) is 0. The first-order valence-electron chi connectivity index (χ1n) is 25.0. The fourth-order valence-electron chi connectivity index (χ4n) is 12.1. The van der Waals surface area contributed by atoms with E-state index >= 15 is 0 Å². The monoisotopic (exact) mass is 867 g/mol. The number of carbonyl (C=O) groups is 1. The van der Waals surface area contributed by atoms with Crippen LogP contribution in [0.5, 0.6) is 0 Å². The summed E-state index contributed by atoms with van der Waals surface area (Å²) < 4.78 is 41.6. The summed E-state index contributed by atoms with van der Waals surface area (Å²) in [4.78, 5) is 23.8. The van der Waals surface area contributed by atoms with Crippen molar-refractivity contribution < 1.29 is 42.0 Å². The lowest BCUT2D eigenvalue weighted by molar-refractivity contribution is -0.870. The number of carbonyl (C=O) groups excluding carboxylic acids is 1. The van der Waals surface area contributed by atoms with Crippen LogP contribution in [0.15, 0.2) is 11.6 Å². The molecule has 9 nitrogen and oxygen atoms in total. The van der Waals surface area contributed by atoms with Gasteiger partial charge in [0, 0.05) is 13.0 Å². The van der Waals surface area contributed by atoms with E-state index in [9.17, 15) is 14.3 Å². The Morgan fingerprint density at radius 2 is 1.48 bits per heavy atom. The Hall–Kier alpha value is -0.960. The van der Waals surface area contributed by atoms with Crippen LogP contribution < -0.4 is 0 Å². The highest BCUT2D eigenvalue weighted by Gasteiger charge is 2.59. The topological polar surface area (TPSA) is 101 Å². The summed E-state index contributed by atoms with van der Waals surface area (Å²) in [5.41, 5.74) is 2.08. The third-order valence-electron chi connectivity index (χ3n) is 15.7. The highest BCUT2D eigenvalue weighted by molar-refractivity contribution is 7.47. The normalized spacial score (nSPS) is 29.9. The van der Waals surface area contributed by atoms with Crippen LogP contribution in [0.1, 0.15) is 189 Å². The van der Waals surface area contributed by atoms with Gasteiger partial charge in [-0.15, -0.1) is 0 Å². The van der Waals surface area contributed by atoms with Crippen molar-refractivity contribution in [3.05, 3.63) is 11.6 Å². The fourth-order valence-corrected chi connectivity index (χ4v) is 12.8. The number of rotatable bonds is 29. The summed E-state index contributed by atoms with van der Waals surface area (Å²) in [6.07, 6.45) is 29.0. The second-order valence-electron chi connectivity index (χ2n) is 21.8. The van der Waals surface area contributed by atoms with Crippen LogP contribution >= 0.6 is 7.82 Å². The number of phosphoric acid groups is 1. The van der Waals surface area contributed by atoms with Gasteiger partial charge in [-0.3, -0.25) is 9.05 Å². The van der Waals surface area contributed by atoms with Crippen molar-refractivity contribution in [1.82, 2.24) is 0 Å². The van der Waals surface area contributed by atoms with Gasteiger partial charge >= 0.3 is 14.0 Å². The maximum atomic E-state index is 13.3. The molecule has 60 heavy (non-hydrogen) atoms. The van der Waals surface area contributed by atoms with Crippen molar-refractivity contribution in [3.8, 4) is 0 Å². The highest BCUT2D eigenvalue weighted by Crippen LogP contribution is 2.67. The van der Waals surface area contributed by atoms with E-state index in [-0.39, 0.29) is 31.3 Å². The molecule has 2 unspecified atom stereocenters. The van der Waals surface area contributed by atoms with Crippen molar-refractivity contribution >= 4 is 14.0 Å². The van der Waals surface area contributed by atoms with Crippen molar-refractivity contribution in [1.29, 1.82) is 0 Å². The number of allylic oxidation sites excluding steroid dienone is 1. The largest absolute Gasteiger partial charge is 0.508 e. The van der Waals surface area contributed by atoms with Crippen LogP contribution in [-0.2, 0) is 27.8 Å². The number of nitrogens with zero attached hydrogens (tertiary/aromatic N) is 1. The maximum Gasteiger partial charge on any atom is 0.508 e. The third kappa shape index (κ3) is 16.2. The smallest absolute Gasteiger partial charge is 0.431 e. The number of hydrogen-bond acceptors (Lipinski definition) is 7. The summed E-state index contributed by atoms with van der Waals surface area (Å²) in [7, 11) is 1.59. The first-order valence-corrected chi connectivity index (χ1v) is 26.5. The lowest BCUT2D eigenvalue weighted by atomic mass is 9.47. The molecule has 0 amide bonds. The summed E-state index contributed by atoms with van der Waals surface area (Å²) in [6.45, 7) is 15.5. The second-order valence-corrected chi connectivity index (χ2v) is 23.3.